The summed E-state index contributed by atoms with van der Waals surface area (Å²) in [6, 6.07) is 6.78. The Hall–Kier alpha value is -3.61. The molecule has 0 unspecified atom stereocenters. The maximum atomic E-state index is 13.1. The van der Waals surface area contributed by atoms with Crippen LogP contribution in [-0.4, -0.2) is 75.1 Å². The van der Waals surface area contributed by atoms with E-state index in [-0.39, 0.29) is 45.3 Å². The van der Waals surface area contributed by atoms with Crippen LogP contribution in [0.5, 0.6) is 23.0 Å². The maximum Gasteiger partial charge on any atom is 0.229 e. The molecule has 0 bridgehead atoms. The van der Waals surface area contributed by atoms with Gasteiger partial charge in [0, 0.05) is 17.7 Å². The van der Waals surface area contributed by atoms with Crippen LogP contribution in [0.15, 0.2) is 51.2 Å². The van der Waals surface area contributed by atoms with Gasteiger partial charge in [0.1, 0.15) is 41.5 Å². The minimum Gasteiger partial charge on any atom is -0.504 e. The van der Waals surface area contributed by atoms with Crippen molar-refractivity contribution in [2.45, 2.75) is 51.0 Å². The molecule has 0 amide bonds. The van der Waals surface area contributed by atoms with Gasteiger partial charge < -0.3 is 49.3 Å². The lowest BCUT2D eigenvalue weighted by Gasteiger charge is -2.39. The first-order valence-corrected chi connectivity index (χ1v) is 11.9. The van der Waals surface area contributed by atoms with Gasteiger partial charge in [-0.05, 0) is 44.0 Å². The number of fused-ring (bicyclic) bond motifs is 1. The van der Waals surface area contributed by atoms with Crippen molar-refractivity contribution in [3.63, 3.8) is 0 Å². The molecule has 0 aliphatic carbocycles. The van der Waals surface area contributed by atoms with Gasteiger partial charge >= 0.3 is 0 Å². The number of ether oxygens (including phenoxy) is 3. The minimum absolute atomic E-state index is 0.0478. The number of hydrogen-bond acceptors (Lipinski definition) is 11. The van der Waals surface area contributed by atoms with Crippen molar-refractivity contribution in [1.82, 2.24) is 0 Å². The Bertz CT molecular complexity index is 1380. The van der Waals surface area contributed by atoms with E-state index in [0.717, 1.165) is 5.57 Å². The molecular weight excluding hydrogens is 500 g/mol. The summed E-state index contributed by atoms with van der Waals surface area (Å²) in [5, 5.41) is 60.7. The highest BCUT2D eigenvalue weighted by Gasteiger charge is 2.45. The summed E-state index contributed by atoms with van der Waals surface area (Å²) in [6.07, 6.45) is -5.17. The van der Waals surface area contributed by atoms with Gasteiger partial charge in [0.2, 0.25) is 12.0 Å². The number of benzene rings is 2. The maximum absolute atomic E-state index is 13.1. The Morgan fingerprint density at radius 3 is 2.29 bits per heavy atom. The molecule has 0 saturated carbocycles. The first-order valence-electron chi connectivity index (χ1n) is 11.9. The van der Waals surface area contributed by atoms with E-state index in [9.17, 15) is 35.4 Å². The number of phenolic OH excluding ortho intramolecular Hbond substituents is 2. The van der Waals surface area contributed by atoms with E-state index in [1.165, 1.54) is 31.4 Å². The van der Waals surface area contributed by atoms with E-state index in [2.05, 4.69) is 0 Å². The Kier molecular flexibility index (Phi) is 7.95. The fourth-order valence-corrected chi connectivity index (χ4v) is 4.19. The van der Waals surface area contributed by atoms with Crippen molar-refractivity contribution in [2.75, 3.05) is 13.7 Å². The van der Waals surface area contributed by atoms with Crippen molar-refractivity contribution in [1.29, 1.82) is 0 Å². The van der Waals surface area contributed by atoms with Crippen LogP contribution in [0.4, 0.5) is 0 Å². The van der Waals surface area contributed by atoms with Gasteiger partial charge in [0.15, 0.2) is 16.9 Å². The highest BCUT2D eigenvalue weighted by molar-refractivity contribution is 5.82. The summed E-state index contributed by atoms with van der Waals surface area (Å²) >= 11 is 0. The van der Waals surface area contributed by atoms with E-state index < -0.39 is 42.7 Å². The van der Waals surface area contributed by atoms with Crippen LogP contribution in [0.25, 0.3) is 22.3 Å². The van der Waals surface area contributed by atoms with E-state index in [1.54, 1.807) is 6.07 Å². The number of methoxy groups -OCH3 is 1. The number of hydrogen-bond donors (Lipinski definition) is 6. The fourth-order valence-electron chi connectivity index (χ4n) is 4.19. The van der Waals surface area contributed by atoms with Gasteiger partial charge in [-0.3, -0.25) is 4.79 Å². The molecule has 4 rings (SSSR count). The summed E-state index contributed by atoms with van der Waals surface area (Å²) < 4.78 is 22.3. The van der Waals surface area contributed by atoms with Crippen molar-refractivity contribution >= 4 is 11.0 Å². The summed E-state index contributed by atoms with van der Waals surface area (Å²) in [5.41, 5.74) is 1.47. The molecule has 204 valence electrons. The molecule has 1 fully saturated rings. The molecule has 1 saturated heterocycles. The van der Waals surface area contributed by atoms with Gasteiger partial charge in [-0.15, -0.1) is 0 Å². The second-order valence-corrected chi connectivity index (χ2v) is 9.28. The molecule has 1 aliphatic rings. The molecule has 5 atom stereocenters. The average molecular weight is 531 g/mol. The predicted molar refractivity (Wildman–Crippen MR) is 135 cm³/mol. The van der Waals surface area contributed by atoms with E-state index in [4.69, 9.17) is 18.6 Å². The van der Waals surface area contributed by atoms with Gasteiger partial charge in [0.25, 0.3) is 0 Å². The molecule has 2 heterocycles. The lowest BCUT2D eigenvalue weighted by atomic mass is 9.99. The summed E-state index contributed by atoms with van der Waals surface area (Å²) in [6.45, 7) is 3.19. The number of rotatable bonds is 7. The number of allylic oxidation sites excluding steroid dienone is 2. The molecule has 11 heteroatoms. The monoisotopic (exact) mass is 530 g/mol. The smallest absolute Gasteiger partial charge is 0.229 e. The largest absolute Gasteiger partial charge is 0.504 e. The highest BCUT2D eigenvalue weighted by Crippen LogP contribution is 2.40. The van der Waals surface area contributed by atoms with Gasteiger partial charge in [0.05, 0.1) is 19.1 Å². The summed E-state index contributed by atoms with van der Waals surface area (Å²) in [4.78, 5) is 13.1. The topological polar surface area (TPSA) is 179 Å². The number of aliphatic hydroxyl groups is 4. The lowest BCUT2D eigenvalue weighted by molar-refractivity contribution is -0.277. The zero-order valence-electron chi connectivity index (χ0n) is 21.0. The lowest BCUT2D eigenvalue weighted by Crippen LogP contribution is -2.60. The first-order chi connectivity index (χ1) is 18.0. The van der Waals surface area contributed by atoms with Crippen LogP contribution in [-0.2, 0) is 11.2 Å². The zero-order chi connectivity index (χ0) is 27.7. The second-order valence-electron chi connectivity index (χ2n) is 9.28. The van der Waals surface area contributed by atoms with Crippen LogP contribution < -0.4 is 14.9 Å². The van der Waals surface area contributed by atoms with Gasteiger partial charge in [-0.25, -0.2) is 0 Å². The molecule has 1 aromatic heterocycles. The fraction of sp³-hybridized carbons (Fsp3) is 0.370. The Morgan fingerprint density at radius 1 is 1.00 bits per heavy atom. The molecule has 38 heavy (non-hydrogen) atoms. The van der Waals surface area contributed by atoms with Crippen LogP contribution >= 0.6 is 0 Å². The normalized spacial score (nSPS) is 23.3. The Labute approximate surface area is 217 Å². The third-order valence-corrected chi connectivity index (χ3v) is 6.27. The van der Waals surface area contributed by atoms with Crippen molar-refractivity contribution in [3.8, 4) is 34.3 Å². The number of aromatic hydroxyl groups is 2. The molecule has 3 aromatic rings. The summed E-state index contributed by atoms with van der Waals surface area (Å²) in [5.74, 6) is -0.620. The average Bonchev–Trinajstić information content (AvgIpc) is 2.87. The van der Waals surface area contributed by atoms with Gasteiger partial charge in [-0.1, -0.05) is 11.6 Å². The SMILES string of the molecule is COc1c(O)cc(-c2cc(=O)c3cc(CC=C(C)C)c(O[C@H]4O[C@@H](CO)[C@H](O)[C@@H](O)[C@@H]4O)cc3o2)cc1O. The third kappa shape index (κ3) is 5.33. The van der Waals surface area contributed by atoms with Crippen LogP contribution in [0.3, 0.4) is 0 Å². The van der Waals surface area contributed by atoms with E-state index >= 15 is 0 Å². The molecule has 0 radical (unpaired) electrons. The van der Waals surface area contributed by atoms with Crippen LogP contribution in [0, 0.1) is 0 Å². The van der Waals surface area contributed by atoms with Crippen molar-refractivity contribution in [2.24, 2.45) is 0 Å². The van der Waals surface area contributed by atoms with Crippen molar-refractivity contribution in [3.05, 3.63) is 57.8 Å². The second kappa shape index (κ2) is 11.0. The van der Waals surface area contributed by atoms with Crippen LogP contribution in [0.2, 0.25) is 0 Å². The summed E-state index contributed by atoms with van der Waals surface area (Å²) in [7, 11) is 1.29. The van der Waals surface area contributed by atoms with Crippen LogP contribution in [0.1, 0.15) is 19.4 Å². The highest BCUT2D eigenvalue weighted by atomic mass is 16.7. The van der Waals surface area contributed by atoms with Crippen molar-refractivity contribution < 1.29 is 49.3 Å². The quantitative estimate of drug-likeness (QED) is 0.244. The number of aliphatic hydroxyl groups excluding tert-OH is 4. The number of phenols is 2. The predicted octanol–water partition coefficient (Wildman–Crippen LogP) is 1.57. The molecular formula is C27H30O11. The van der Waals surface area contributed by atoms with E-state index in [1.807, 2.05) is 19.9 Å². The Morgan fingerprint density at radius 2 is 1.68 bits per heavy atom. The molecule has 0 spiro atoms. The standard InChI is InChI=1S/C27H30O11/c1-12(2)4-5-13-6-15-16(29)9-19(14-7-17(30)26(35-3)18(31)8-14)36-21(15)10-20(13)37-27-25(34)24(33)23(32)22(11-28)38-27/h4,6-10,22-25,27-28,30-34H,5,11H2,1-3H3/t22-,23-,24+,25-,27-/m0/s1. The molecule has 2 aromatic carbocycles. The first kappa shape index (κ1) is 27.4. The minimum atomic E-state index is -1.64. The van der Waals surface area contributed by atoms with Gasteiger partial charge in [-0.2, -0.15) is 0 Å². The molecule has 6 N–H and O–H groups in total. The molecule has 1 aliphatic heterocycles. The third-order valence-electron chi connectivity index (χ3n) is 6.27. The van der Waals surface area contributed by atoms with E-state index in [0.29, 0.717) is 12.0 Å². The zero-order valence-corrected chi connectivity index (χ0v) is 21.0. The molecule has 11 nitrogen and oxygen atoms in total. The Balaban J connectivity index is 1.81.